The smallest absolute Gasteiger partial charge is 0.395 e. The SMILES string of the molecule is O=C(NCC(F)(F)F)Nc1ccc(Cl)cc1C#CCCO. The molecule has 0 aliphatic heterocycles. The van der Waals surface area contributed by atoms with E-state index >= 15 is 0 Å². The van der Waals surface area contributed by atoms with Crippen molar-refractivity contribution in [2.24, 2.45) is 0 Å². The second kappa shape index (κ2) is 7.76. The monoisotopic (exact) mass is 320 g/mol. The first-order valence-corrected chi connectivity index (χ1v) is 6.20. The molecule has 4 nitrogen and oxygen atoms in total. The van der Waals surface area contributed by atoms with Crippen LogP contribution in [0.4, 0.5) is 23.7 Å². The lowest BCUT2D eigenvalue weighted by atomic mass is 10.2. The molecular weight excluding hydrogens is 309 g/mol. The Bertz CT molecular complexity index is 565. The van der Waals surface area contributed by atoms with Crippen LogP contribution < -0.4 is 10.6 Å². The first-order chi connectivity index (χ1) is 9.81. The summed E-state index contributed by atoms with van der Waals surface area (Å²) in [6, 6.07) is 3.36. The lowest BCUT2D eigenvalue weighted by molar-refractivity contribution is -0.122. The number of nitrogens with one attached hydrogen (secondary N) is 2. The Hall–Kier alpha value is -1.91. The van der Waals surface area contributed by atoms with E-state index in [0.29, 0.717) is 10.6 Å². The summed E-state index contributed by atoms with van der Waals surface area (Å²) in [5.74, 6) is 5.31. The summed E-state index contributed by atoms with van der Waals surface area (Å²) in [7, 11) is 0. The molecule has 1 aromatic rings. The van der Waals surface area contributed by atoms with Gasteiger partial charge in [-0.3, -0.25) is 0 Å². The topological polar surface area (TPSA) is 61.4 Å². The summed E-state index contributed by atoms with van der Waals surface area (Å²) >= 11 is 5.79. The normalized spacial score (nSPS) is 10.5. The molecule has 8 heteroatoms. The summed E-state index contributed by atoms with van der Waals surface area (Å²) in [6.45, 7) is -1.56. The van der Waals surface area contributed by atoms with E-state index in [2.05, 4.69) is 17.2 Å². The van der Waals surface area contributed by atoms with Gasteiger partial charge in [0.05, 0.1) is 12.3 Å². The number of carbonyl (C=O) groups is 1. The van der Waals surface area contributed by atoms with Gasteiger partial charge in [-0.2, -0.15) is 13.2 Å². The largest absolute Gasteiger partial charge is 0.405 e. The molecule has 0 saturated carbocycles. The molecule has 0 fully saturated rings. The number of aliphatic hydroxyl groups is 1. The van der Waals surface area contributed by atoms with Crippen LogP contribution in [0.25, 0.3) is 0 Å². The van der Waals surface area contributed by atoms with Crippen molar-refractivity contribution >= 4 is 23.3 Å². The van der Waals surface area contributed by atoms with Gasteiger partial charge in [-0.25, -0.2) is 4.79 Å². The number of amides is 2. The van der Waals surface area contributed by atoms with Crippen molar-refractivity contribution < 1.29 is 23.1 Å². The summed E-state index contributed by atoms with van der Waals surface area (Å²) in [6.07, 6.45) is -4.26. The van der Waals surface area contributed by atoms with E-state index in [1.165, 1.54) is 18.2 Å². The van der Waals surface area contributed by atoms with Crippen LogP contribution in [0, 0.1) is 11.8 Å². The lowest BCUT2D eigenvalue weighted by Crippen LogP contribution is -2.36. The van der Waals surface area contributed by atoms with Gasteiger partial charge >= 0.3 is 12.2 Å². The van der Waals surface area contributed by atoms with Crippen LogP contribution in [0.5, 0.6) is 0 Å². The van der Waals surface area contributed by atoms with Crippen molar-refractivity contribution in [2.75, 3.05) is 18.5 Å². The highest BCUT2D eigenvalue weighted by Gasteiger charge is 2.27. The minimum Gasteiger partial charge on any atom is -0.395 e. The molecule has 0 aromatic heterocycles. The van der Waals surface area contributed by atoms with Gasteiger partial charge in [-0.1, -0.05) is 23.4 Å². The second-order valence-corrected chi connectivity index (χ2v) is 4.32. The van der Waals surface area contributed by atoms with Gasteiger partial charge in [0.25, 0.3) is 0 Å². The molecule has 0 bridgehead atoms. The third kappa shape index (κ3) is 6.88. The number of rotatable bonds is 3. The van der Waals surface area contributed by atoms with E-state index < -0.39 is 18.8 Å². The molecule has 0 radical (unpaired) electrons. The summed E-state index contributed by atoms with van der Waals surface area (Å²) in [4.78, 5) is 11.4. The van der Waals surface area contributed by atoms with Crippen molar-refractivity contribution in [2.45, 2.75) is 12.6 Å². The van der Waals surface area contributed by atoms with Gasteiger partial charge in [0, 0.05) is 17.0 Å². The number of carbonyl (C=O) groups excluding carboxylic acids is 1. The third-order valence-electron chi connectivity index (χ3n) is 2.14. The number of hydrogen-bond acceptors (Lipinski definition) is 2. The van der Waals surface area contributed by atoms with E-state index in [1.807, 2.05) is 0 Å². The number of urea groups is 1. The Morgan fingerprint density at radius 2 is 2.10 bits per heavy atom. The van der Waals surface area contributed by atoms with Crippen molar-refractivity contribution in [3.8, 4) is 11.8 Å². The second-order valence-electron chi connectivity index (χ2n) is 3.89. The van der Waals surface area contributed by atoms with Gasteiger partial charge in [0.1, 0.15) is 6.54 Å². The molecular formula is C13H12ClF3N2O2. The Balaban J connectivity index is 2.78. The molecule has 1 rings (SSSR count). The van der Waals surface area contributed by atoms with Crippen LogP contribution in [-0.2, 0) is 0 Å². The quantitative estimate of drug-likeness (QED) is 0.750. The van der Waals surface area contributed by atoms with Gasteiger partial charge in [-0.05, 0) is 18.2 Å². The number of halogens is 4. The number of alkyl halides is 3. The number of aliphatic hydroxyl groups excluding tert-OH is 1. The van der Waals surface area contributed by atoms with Crippen LogP contribution in [0.15, 0.2) is 18.2 Å². The predicted octanol–water partition coefficient (Wildman–Crippen LogP) is 2.76. The average Bonchev–Trinajstić information content (AvgIpc) is 2.39. The zero-order valence-electron chi connectivity index (χ0n) is 10.7. The molecule has 0 aliphatic carbocycles. The molecule has 3 N–H and O–H groups in total. The molecule has 0 atom stereocenters. The van der Waals surface area contributed by atoms with E-state index in [0.717, 1.165) is 0 Å². The van der Waals surface area contributed by atoms with Crippen LogP contribution in [0.2, 0.25) is 5.02 Å². The van der Waals surface area contributed by atoms with Gasteiger partial charge in [0.15, 0.2) is 0 Å². The summed E-state index contributed by atoms with van der Waals surface area (Å²) in [5, 5.41) is 13.0. The predicted molar refractivity (Wildman–Crippen MR) is 73.1 cm³/mol. The molecule has 1 aromatic carbocycles. The molecule has 114 valence electrons. The number of benzene rings is 1. The van der Waals surface area contributed by atoms with E-state index in [9.17, 15) is 18.0 Å². The van der Waals surface area contributed by atoms with Crippen molar-refractivity contribution in [3.05, 3.63) is 28.8 Å². The average molecular weight is 321 g/mol. The fraction of sp³-hybridized carbons (Fsp3) is 0.308. The van der Waals surface area contributed by atoms with Crippen molar-refractivity contribution in [1.29, 1.82) is 0 Å². The minimum atomic E-state index is -4.49. The summed E-state index contributed by atoms with van der Waals surface area (Å²) in [5.41, 5.74) is 0.572. The van der Waals surface area contributed by atoms with Crippen molar-refractivity contribution in [3.63, 3.8) is 0 Å². The lowest BCUT2D eigenvalue weighted by Gasteiger charge is -2.11. The van der Waals surface area contributed by atoms with Crippen LogP contribution in [-0.4, -0.2) is 30.5 Å². The molecule has 0 aliphatic rings. The minimum absolute atomic E-state index is 0.123. The first kappa shape index (κ1) is 17.1. The molecule has 0 saturated heterocycles. The fourth-order valence-corrected chi connectivity index (χ4v) is 1.46. The maximum Gasteiger partial charge on any atom is 0.405 e. The summed E-state index contributed by atoms with van der Waals surface area (Å²) < 4.78 is 36.0. The molecule has 2 amide bonds. The zero-order chi connectivity index (χ0) is 15.9. The first-order valence-electron chi connectivity index (χ1n) is 5.82. The zero-order valence-corrected chi connectivity index (χ0v) is 11.5. The van der Waals surface area contributed by atoms with Gasteiger partial charge in [0.2, 0.25) is 0 Å². The van der Waals surface area contributed by atoms with Crippen LogP contribution in [0.3, 0.4) is 0 Å². The van der Waals surface area contributed by atoms with Crippen LogP contribution >= 0.6 is 11.6 Å². The maximum atomic E-state index is 12.0. The van der Waals surface area contributed by atoms with E-state index in [1.54, 1.807) is 5.32 Å². The highest BCUT2D eigenvalue weighted by Crippen LogP contribution is 2.20. The molecule has 0 spiro atoms. The molecule has 0 heterocycles. The molecule has 21 heavy (non-hydrogen) atoms. The van der Waals surface area contributed by atoms with Gasteiger partial charge in [-0.15, -0.1) is 0 Å². The Kier molecular flexibility index (Phi) is 6.34. The number of hydrogen-bond donors (Lipinski definition) is 3. The van der Waals surface area contributed by atoms with Crippen molar-refractivity contribution in [1.82, 2.24) is 5.32 Å². The van der Waals surface area contributed by atoms with E-state index in [-0.39, 0.29) is 18.7 Å². The standard InChI is InChI=1S/C13H12ClF3N2O2/c14-10-4-5-11(9(7-10)3-1-2-6-20)19-12(21)18-8-13(15,16)17/h4-5,7,20H,2,6,8H2,(H2,18,19,21). The Morgan fingerprint density at radius 3 is 2.71 bits per heavy atom. The fourth-order valence-electron chi connectivity index (χ4n) is 1.29. The van der Waals surface area contributed by atoms with E-state index in [4.69, 9.17) is 16.7 Å². The Morgan fingerprint density at radius 1 is 1.38 bits per heavy atom. The third-order valence-corrected chi connectivity index (χ3v) is 2.37. The van der Waals surface area contributed by atoms with Gasteiger partial charge < -0.3 is 15.7 Å². The number of anilines is 1. The Labute approximate surface area is 124 Å². The molecule has 0 unspecified atom stereocenters. The highest BCUT2D eigenvalue weighted by atomic mass is 35.5. The highest BCUT2D eigenvalue weighted by molar-refractivity contribution is 6.30. The van der Waals surface area contributed by atoms with Crippen LogP contribution in [0.1, 0.15) is 12.0 Å². The maximum absolute atomic E-state index is 12.0.